The van der Waals surface area contributed by atoms with Gasteiger partial charge in [0.25, 0.3) is 0 Å². The molecule has 0 fully saturated rings. The van der Waals surface area contributed by atoms with Crippen molar-refractivity contribution >= 4 is 32.6 Å². The van der Waals surface area contributed by atoms with Crippen molar-refractivity contribution in [3.05, 3.63) is 77.6 Å². The van der Waals surface area contributed by atoms with Gasteiger partial charge in [0, 0.05) is 18.7 Å². The number of ether oxygens (including phenoxy) is 3. The second-order valence-corrected chi connectivity index (χ2v) is 8.77. The Bertz CT molecular complexity index is 1430. The molecule has 0 spiro atoms. The first-order chi connectivity index (χ1) is 16.1. The average Bonchev–Trinajstić information content (AvgIpc) is 3.27. The SMILES string of the molecule is COCc1cnc2c(-c3nc4c(OCc5ccccc5)cc(OC)cc4s3)cc(C)cc2n1. The summed E-state index contributed by atoms with van der Waals surface area (Å²) in [4.78, 5) is 14.4. The molecule has 0 amide bonds. The van der Waals surface area contributed by atoms with Crippen molar-refractivity contribution in [1.82, 2.24) is 15.0 Å². The second-order valence-electron chi connectivity index (χ2n) is 7.74. The molecule has 3 aromatic carbocycles. The molecule has 2 heterocycles. The number of hydrogen-bond donors (Lipinski definition) is 0. The molecule has 2 aromatic heterocycles. The van der Waals surface area contributed by atoms with Crippen LogP contribution in [0.15, 0.2) is 60.8 Å². The van der Waals surface area contributed by atoms with Gasteiger partial charge in [-0.25, -0.2) is 9.97 Å². The summed E-state index contributed by atoms with van der Waals surface area (Å²) < 4.78 is 17.9. The van der Waals surface area contributed by atoms with Gasteiger partial charge < -0.3 is 14.2 Å². The summed E-state index contributed by atoms with van der Waals surface area (Å²) >= 11 is 1.59. The molecule has 0 saturated carbocycles. The first kappa shape index (κ1) is 21.3. The van der Waals surface area contributed by atoms with Crippen LogP contribution in [0.1, 0.15) is 16.8 Å². The van der Waals surface area contributed by atoms with Gasteiger partial charge in [-0.3, -0.25) is 4.98 Å². The van der Waals surface area contributed by atoms with Crippen molar-refractivity contribution in [2.24, 2.45) is 0 Å². The number of aromatic nitrogens is 3. The van der Waals surface area contributed by atoms with Crippen LogP contribution in [0.25, 0.3) is 31.8 Å². The molecule has 0 atom stereocenters. The van der Waals surface area contributed by atoms with Crippen LogP contribution < -0.4 is 9.47 Å². The number of nitrogens with zero attached hydrogens (tertiary/aromatic N) is 3. The molecule has 0 unspecified atom stereocenters. The average molecular weight is 458 g/mol. The number of thiazole rings is 1. The quantitative estimate of drug-likeness (QED) is 0.301. The molecule has 6 nitrogen and oxygen atoms in total. The Kier molecular flexibility index (Phi) is 5.90. The number of methoxy groups -OCH3 is 2. The van der Waals surface area contributed by atoms with Crippen LogP contribution in [0.4, 0.5) is 0 Å². The fraction of sp³-hybridized carbons (Fsp3) is 0.192. The van der Waals surface area contributed by atoms with Crippen LogP contribution in [0.5, 0.6) is 11.5 Å². The molecule has 0 aliphatic rings. The first-order valence-electron chi connectivity index (χ1n) is 10.6. The molecule has 0 bridgehead atoms. The Morgan fingerprint density at radius 1 is 0.909 bits per heavy atom. The lowest BCUT2D eigenvalue weighted by Crippen LogP contribution is -1.97. The predicted molar refractivity (Wildman–Crippen MR) is 131 cm³/mol. The monoisotopic (exact) mass is 457 g/mol. The summed E-state index contributed by atoms with van der Waals surface area (Å²) in [5.74, 6) is 1.43. The zero-order valence-corrected chi connectivity index (χ0v) is 19.5. The van der Waals surface area contributed by atoms with Crippen molar-refractivity contribution < 1.29 is 14.2 Å². The maximum absolute atomic E-state index is 6.17. The molecule has 0 aliphatic heterocycles. The highest BCUT2D eigenvalue weighted by Gasteiger charge is 2.17. The van der Waals surface area contributed by atoms with Crippen LogP contribution >= 0.6 is 11.3 Å². The molecule has 5 aromatic rings. The third-order valence-corrected chi connectivity index (χ3v) is 6.31. The minimum atomic E-state index is 0.426. The van der Waals surface area contributed by atoms with Crippen molar-refractivity contribution in [3.63, 3.8) is 0 Å². The molecule has 166 valence electrons. The zero-order chi connectivity index (χ0) is 22.8. The van der Waals surface area contributed by atoms with E-state index in [9.17, 15) is 0 Å². The van der Waals surface area contributed by atoms with Gasteiger partial charge in [0.2, 0.25) is 0 Å². The molecular formula is C26H23N3O3S. The Morgan fingerprint density at radius 2 is 1.76 bits per heavy atom. The molecule has 0 radical (unpaired) electrons. The van der Waals surface area contributed by atoms with Gasteiger partial charge in [-0.15, -0.1) is 11.3 Å². The Hall–Kier alpha value is -3.55. The van der Waals surface area contributed by atoms with Gasteiger partial charge in [-0.2, -0.15) is 0 Å². The van der Waals surface area contributed by atoms with Gasteiger partial charge in [0.15, 0.2) is 5.75 Å². The summed E-state index contributed by atoms with van der Waals surface area (Å²) in [6.07, 6.45) is 1.76. The first-order valence-corrected chi connectivity index (χ1v) is 11.4. The molecule has 0 aliphatic carbocycles. The van der Waals surface area contributed by atoms with Gasteiger partial charge in [-0.05, 0) is 36.2 Å². The third-order valence-electron chi connectivity index (χ3n) is 5.27. The van der Waals surface area contributed by atoms with Gasteiger partial charge in [0.05, 0.1) is 41.3 Å². The Morgan fingerprint density at radius 3 is 2.55 bits per heavy atom. The summed E-state index contributed by atoms with van der Waals surface area (Å²) in [6.45, 7) is 2.94. The lowest BCUT2D eigenvalue weighted by Gasteiger charge is -2.09. The standard InChI is InChI=1S/C26H23N3O3S/c1-16-9-20(24-21(10-16)28-18(13-27-24)15-30-2)26-29-25-22(11-19(31-3)12-23(25)33-26)32-14-17-7-5-4-6-8-17/h4-13H,14-15H2,1-3H3. The van der Waals surface area contributed by atoms with E-state index in [1.54, 1.807) is 31.8 Å². The number of rotatable bonds is 7. The fourth-order valence-electron chi connectivity index (χ4n) is 3.74. The van der Waals surface area contributed by atoms with E-state index in [1.165, 1.54) is 0 Å². The second kappa shape index (κ2) is 9.13. The maximum atomic E-state index is 6.17. The van der Waals surface area contributed by atoms with E-state index >= 15 is 0 Å². The minimum absolute atomic E-state index is 0.426. The van der Waals surface area contributed by atoms with Crippen molar-refractivity contribution in [3.8, 4) is 22.1 Å². The van der Waals surface area contributed by atoms with Crippen LogP contribution in [0, 0.1) is 6.92 Å². The highest BCUT2D eigenvalue weighted by atomic mass is 32.1. The van der Waals surface area contributed by atoms with Crippen LogP contribution in [0.2, 0.25) is 0 Å². The largest absolute Gasteiger partial charge is 0.497 e. The topological polar surface area (TPSA) is 66.4 Å². The Labute approximate surface area is 195 Å². The van der Waals surface area contributed by atoms with Crippen molar-refractivity contribution in [2.45, 2.75) is 20.1 Å². The number of benzene rings is 3. The third kappa shape index (κ3) is 4.37. The van der Waals surface area contributed by atoms with E-state index < -0.39 is 0 Å². The smallest absolute Gasteiger partial charge is 0.150 e. The zero-order valence-electron chi connectivity index (χ0n) is 18.7. The van der Waals surface area contributed by atoms with E-state index in [2.05, 4.69) is 18.0 Å². The molecule has 7 heteroatoms. The van der Waals surface area contributed by atoms with Gasteiger partial charge in [-0.1, -0.05) is 30.3 Å². The highest BCUT2D eigenvalue weighted by Crippen LogP contribution is 2.40. The van der Waals surface area contributed by atoms with E-state index in [0.717, 1.165) is 54.4 Å². The fourth-order valence-corrected chi connectivity index (χ4v) is 4.77. The van der Waals surface area contributed by atoms with Gasteiger partial charge >= 0.3 is 0 Å². The van der Waals surface area contributed by atoms with E-state index in [1.807, 2.05) is 48.5 Å². The maximum Gasteiger partial charge on any atom is 0.150 e. The molecule has 0 saturated heterocycles. The van der Waals surface area contributed by atoms with Crippen molar-refractivity contribution in [2.75, 3.05) is 14.2 Å². The van der Waals surface area contributed by atoms with Crippen LogP contribution in [-0.4, -0.2) is 29.2 Å². The lowest BCUT2D eigenvalue weighted by molar-refractivity contribution is 0.181. The molecule has 0 N–H and O–H groups in total. The number of aryl methyl sites for hydroxylation is 1. The molecule has 5 rings (SSSR count). The number of fused-ring (bicyclic) bond motifs is 2. The Balaban J connectivity index is 1.60. The minimum Gasteiger partial charge on any atom is -0.497 e. The van der Waals surface area contributed by atoms with Crippen LogP contribution in [-0.2, 0) is 18.0 Å². The summed E-state index contributed by atoms with van der Waals surface area (Å²) in [5.41, 5.74) is 6.40. The number of hydrogen-bond acceptors (Lipinski definition) is 7. The van der Waals surface area contributed by atoms with Crippen molar-refractivity contribution in [1.29, 1.82) is 0 Å². The molecule has 33 heavy (non-hydrogen) atoms. The molecular weight excluding hydrogens is 434 g/mol. The normalized spacial score (nSPS) is 11.2. The highest BCUT2D eigenvalue weighted by molar-refractivity contribution is 7.21. The van der Waals surface area contributed by atoms with E-state index in [0.29, 0.717) is 19.0 Å². The van der Waals surface area contributed by atoms with Crippen LogP contribution in [0.3, 0.4) is 0 Å². The van der Waals surface area contributed by atoms with E-state index in [-0.39, 0.29) is 0 Å². The van der Waals surface area contributed by atoms with Gasteiger partial charge in [0.1, 0.15) is 22.9 Å². The lowest BCUT2D eigenvalue weighted by atomic mass is 10.1. The predicted octanol–water partition coefficient (Wildman–Crippen LogP) is 5.95. The summed E-state index contributed by atoms with van der Waals surface area (Å²) in [6, 6.07) is 18.1. The summed E-state index contributed by atoms with van der Waals surface area (Å²) in [5, 5.41) is 0.866. The van der Waals surface area contributed by atoms with E-state index in [4.69, 9.17) is 24.2 Å². The summed E-state index contributed by atoms with van der Waals surface area (Å²) in [7, 11) is 3.31.